The highest BCUT2D eigenvalue weighted by Gasteiger charge is 2.26. The molecule has 1 aromatic carbocycles. The Morgan fingerprint density at radius 3 is 2.84 bits per heavy atom. The van der Waals surface area contributed by atoms with Gasteiger partial charge in [-0.25, -0.2) is 9.37 Å². The molecule has 7 nitrogen and oxygen atoms in total. The molecule has 1 aromatic heterocycles. The maximum atomic E-state index is 14.9. The number of benzene rings is 1. The Labute approximate surface area is 146 Å². The quantitative estimate of drug-likeness (QED) is 0.853. The Balaban J connectivity index is 2.13. The van der Waals surface area contributed by atoms with Crippen molar-refractivity contribution in [3.63, 3.8) is 0 Å². The molecule has 8 heteroatoms. The number of piperazine rings is 1. The highest BCUT2D eigenvalue weighted by atomic mass is 19.1. The van der Waals surface area contributed by atoms with Gasteiger partial charge in [0.05, 0.1) is 14.2 Å². The summed E-state index contributed by atoms with van der Waals surface area (Å²) in [6, 6.07) is 1.87. The van der Waals surface area contributed by atoms with Gasteiger partial charge in [0.2, 0.25) is 5.95 Å². The van der Waals surface area contributed by atoms with E-state index in [0.717, 1.165) is 32.5 Å². The third-order valence-electron chi connectivity index (χ3n) is 4.52. The first-order valence-corrected chi connectivity index (χ1v) is 8.45. The molecule has 3 rings (SSSR count). The van der Waals surface area contributed by atoms with Gasteiger partial charge in [0.1, 0.15) is 11.3 Å². The molecule has 0 amide bonds. The van der Waals surface area contributed by atoms with Crippen LogP contribution < -0.4 is 25.4 Å². The molecule has 0 bridgehead atoms. The summed E-state index contributed by atoms with van der Waals surface area (Å²) in [5.74, 6) is 0.380. The molecule has 25 heavy (non-hydrogen) atoms. The Kier molecular flexibility index (Phi) is 5.08. The number of aromatic nitrogens is 2. The van der Waals surface area contributed by atoms with Crippen molar-refractivity contribution in [1.29, 1.82) is 0 Å². The summed E-state index contributed by atoms with van der Waals surface area (Å²) in [5.41, 5.74) is 6.26. The molecule has 1 aliphatic heterocycles. The molecular weight excluding hydrogens is 325 g/mol. The van der Waals surface area contributed by atoms with Crippen molar-refractivity contribution in [3.8, 4) is 11.5 Å². The standard InChI is InChI=1S/C17H24FN5O2/c1-4-5-10-9-20-6-7-23(10)17-21-14-11(16(19)22-17)8-12(24-2)15(25-3)13(14)18/h8,10,20H,4-7,9H2,1-3H3,(H2,19,21,22)/t10-/m0/s1. The van der Waals surface area contributed by atoms with Crippen molar-refractivity contribution in [2.24, 2.45) is 0 Å². The summed E-state index contributed by atoms with van der Waals surface area (Å²) < 4.78 is 25.2. The molecule has 1 atom stereocenters. The lowest BCUT2D eigenvalue weighted by Gasteiger charge is -2.36. The number of halogens is 1. The predicted molar refractivity (Wildman–Crippen MR) is 95.9 cm³/mol. The molecule has 0 radical (unpaired) electrons. The second-order valence-corrected chi connectivity index (χ2v) is 6.07. The number of nitrogens with two attached hydrogens (primary N) is 1. The number of hydrogen-bond donors (Lipinski definition) is 2. The van der Waals surface area contributed by atoms with E-state index < -0.39 is 5.82 Å². The third-order valence-corrected chi connectivity index (χ3v) is 4.52. The van der Waals surface area contributed by atoms with Gasteiger partial charge in [-0.05, 0) is 12.5 Å². The van der Waals surface area contributed by atoms with E-state index in [1.54, 1.807) is 6.07 Å². The minimum atomic E-state index is -0.589. The first-order valence-electron chi connectivity index (χ1n) is 8.45. The van der Waals surface area contributed by atoms with E-state index in [-0.39, 0.29) is 28.9 Å². The average Bonchev–Trinajstić information content (AvgIpc) is 2.62. The van der Waals surface area contributed by atoms with Crippen LogP contribution in [0.2, 0.25) is 0 Å². The van der Waals surface area contributed by atoms with Crippen LogP contribution >= 0.6 is 0 Å². The van der Waals surface area contributed by atoms with Crippen LogP contribution in [0.25, 0.3) is 10.9 Å². The van der Waals surface area contributed by atoms with Crippen LogP contribution in [0.4, 0.5) is 16.2 Å². The number of fused-ring (bicyclic) bond motifs is 1. The van der Waals surface area contributed by atoms with Crippen molar-refractivity contribution >= 4 is 22.7 Å². The minimum absolute atomic E-state index is 0.0180. The molecule has 0 unspecified atom stereocenters. The van der Waals surface area contributed by atoms with E-state index in [9.17, 15) is 4.39 Å². The average molecular weight is 349 g/mol. The zero-order valence-electron chi connectivity index (χ0n) is 14.8. The SMILES string of the molecule is CCC[C@H]1CNCCN1c1nc(N)c2cc(OC)c(OC)c(F)c2n1. The van der Waals surface area contributed by atoms with E-state index >= 15 is 0 Å². The fourth-order valence-corrected chi connectivity index (χ4v) is 3.28. The third kappa shape index (κ3) is 3.13. The van der Waals surface area contributed by atoms with E-state index in [1.807, 2.05) is 0 Å². The highest BCUT2D eigenvalue weighted by molar-refractivity contribution is 5.92. The second-order valence-electron chi connectivity index (χ2n) is 6.07. The molecule has 2 aromatic rings. The summed E-state index contributed by atoms with van der Waals surface area (Å²) in [6.45, 7) is 4.57. The van der Waals surface area contributed by atoms with Crippen molar-refractivity contribution in [1.82, 2.24) is 15.3 Å². The fraction of sp³-hybridized carbons (Fsp3) is 0.529. The summed E-state index contributed by atoms with van der Waals surface area (Å²) in [7, 11) is 2.84. The maximum absolute atomic E-state index is 14.9. The Morgan fingerprint density at radius 1 is 1.36 bits per heavy atom. The number of anilines is 2. The van der Waals surface area contributed by atoms with Crippen molar-refractivity contribution in [3.05, 3.63) is 11.9 Å². The van der Waals surface area contributed by atoms with Gasteiger partial charge in [-0.2, -0.15) is 4.98 Å². The zero-order chi connectivity index (χ0) is 18.0. The van der Waals surface area contributed by atoms with E-state index in [4.69, 9.17) is 15.2 Å². The largest absolute Gasteiger partial charge is 0.493 e. The lowest BCUT2D eigenvalue weighted by atomic mass is 10.1. The molecule has 2 heterocycles. The Morgan fingerprint density at radius 2 is 2.16 bits per heavy atom. The molecule has 3 N–H and O–H groups in total. The Bertz CT molecular complexity index is 769. The monoisotopic (exact) mass is 349 g/mol. The summed E-state index contributed by atoms with van der Waals surface area (Å²) in [5, 5.41) is 3.79. The van der Waals surface area contributed by atoms with Crippen LogP contribution in [-0.4, -0.2) is 49.9 Å². The molecule has 0 aliphatic carbocycles. The van der Waals surface area contributed by atoms with Crippen LogP contribution in [0.1, 0.15) is 19.8 Å². The highest BCUT2D eigenvalue weighted by Crippen LogP contribution is 2.37. The van der Waals surface area contributed by atoms with Crippen LogP contribution in [0, 0.1) is 5.82 Å². The first-order chi connectivity index (χ1) is 12.1. The van der Waals surface area contributed by atoms with Crippen molar-refractivity contribution < 1.29 is 13.9 Å². The molecule has 1 aliphatic rings. The molecular formula is C17H24FN5O2. The lowest BCUT2D eigenvalue weighted by Crippen LogP contribution is -2.52. The number of rotatable bonds is 5. The number of nitrogen functional groups attached to an aromatic ring is 1. The van der Waals surface area contributed by atoms with Crippen LogP contribution in [-0.2, 0) is 0 Å². The number of nitrogens with one attached hydrogen (secondary N) is 1. The fourth-order valence-electron chi connectivity index (χ4n) is 3.28. The van der Waals surface area contributed by atoms with E-state index in [1.165, 1.54) is 14.2 Å². The molecule has 136 valence electrons. The van der Waals surface area contributed by atoms with Crippen molar-refractivity contribution in [2.75, 3.05) is 44.5 Å². The number of nitrogens with zero attached hydrogens (tertiary/aromatic N) is 3. The van der Waals surface area contributed by atoms with Crippen LogP contribution in [0.15, 0.2) is 6.07 Å². The number of hydrogen-bond acceptors (Lipinski definition) is 7. The molecule has 1 fully saturated rings. The lowest BCUT2D eigenvalue weighted by molar-refractivity contribution is 0.339. The summed E-state index contributed by atoms with van der Waals surface area (Å²) >= 11 is 0. The second kappa shape index (κ2) is 7.26. The van der Waals surface area contributed by atoms with Gasteiger partial charge in [-0.15, -0.1) is 0 Å². The van der Waals surface area contributed by atoms with Crippen LogP contribution in [0.3, 0.4) is 0 Å². The van der Waals surface area contributed by atoms with Gasteiger partial charge in [-0.3, -0.25) is 0 Å². The van der Waals surface area contributed by atoms with Crippen LogP contribution in [0.5, 0.6) is 11.5 Å². The topological polar surface area (TPSA) is 85.5 Å². The zero-order valence-corrected chi connectivity index (χ0v) is 14.8. The molecule has 0 saturated carbocycles. The van der Waals surface area contributed by atoms with Gasteiger partial charge >= 0.3 is 0 Å². The molecule has 1 saturated heterocycles. The van der Waals surface area contributed by atoms with Crippen molar-refractivity contribution in [2.45, 2.75) is 25.8 Å². The summed E-state index contributed by atoms with van der Waals surface area (Å²) in [4.78, 5) is 11.0. The maximum Gasteiger partial charge on any atom is 0.228 e. The van der Waals surface area contributed by atoms with Gasteiger partial charge in [0.15, 0.2) is 17.3 Å². The minimum Gasteiger partial charge on any atom is -0.493 e. The van der Waals surface area contributed by atoms with E-state index in [0.29, 0.717) is 11.3 Å². The van der Waals surface area contributed by atoms with Gasteiger partial charge in [-0.1, -0.05) is 13.3 Å². The summed E-state index contributed by atoms with van der Waals surface area (Å²) in [6.07, 6.45) is 2.05. The Hall–Kier alpha value is -2.35. The molecule has 0 spiro atoms. The normalized spacial score (nSPS) is 17.8. The number of ether oxygens (including phenoxy) is 2. The number of methoxy groups -OCH3 is 2. The van der Waals surface area contributed by atoms with E-state index in [2.05, 4.69) is 27.1 Å². The first kappa shape index (κ1) is 17.5. The van der Waals surface area contributed by atoms with Gasteiger partial charge < -0.3 is 25.4 Å². The smallest absolute Gasteiger partial charge is 0.228 e. The van der Waals surface area contributed by atoms with Gasteiger partial charge in [0.25, 0.3) is 0 Å². The predicted octanol–water partition coefficient (Wildman–Crippen LogP) is 1.95. The van der Waals surface area contributed by atoms with Gasteiger partial charge in [0, 0.05) is 31.1 Å².